The van der Waals surface area contributed by atoms with E-state index in [1.165, 1.54) is 11.5 Å². The molecule has 0 radical (unpaired) electrons. The van der Waals surface area contributed by atoms with Crippen LogP contribution in [0.3, 0.4) is 0 Å². The summed E-state index contributed by atoms with van der Waals surface area (Å²) in [4.78, 5) is 10.9. The lowest BCUT2D eigenvalue weighted by Crippen LogP contribution is -2.40. The van der Waals surface area contributed by atoms with Crippen molar-refractivity contribution in [2.75, 3.05) is 0 Å². The number of amides is 1. The van der Waals surface area contributed by atoms with Crippen LogP contribution in [0.25, 0.3) is 0 Å². The lowest BCUT2D eigenvalue weighted by Gasteiger charge is -2.09. The van der Waals surface area contributed by atoms with Crippen LogP contribution >= 0.6 is 0 Å². The second kappa shape index (κ2) is 4.86. The highest BCUT2D eigenvalue weighted by molar-refractivity contribution is 5.80. The Morgan fingerprint density at radius 3 is 2.87 bits per heavy atom. The van der Waals surface area contributed by atoms with E-state index >= 15 is 0 Å². The largest absolute Gasteiger partial charge is 0.320 e. The van der Waals surface area contributed by atoms with Crippen molar-refractivity contribution in [3.8, 4) is 0 Å². The minimum absolute atomic E-state index is 0.184. The van der Waals surface area contributed by atoms with Gasteiger partial charge in [0.1, 0.15) is 5.82 Å². The van der Waals surface area contributed by atoms with Gasteiger partial charge in [0.25, 0.3) is 5.91 Å². The molecule has 0 aromatic heterocycles. The molecule has 0 aliphatic rings. The van der Waals surface area contributed by atoms with E-state index in [1.54, 1.807) is 19.1 Å². The number of rotatable bonds is 3. The first kappa shape index (κ1) is 11.6. The Kier molecular flexibility index (Phi) is 3.76. The molecule has 1 unspecified atom stereocenters. The summed E-state index contributed by atoms with van der Waals surface area (Å²) in [6.07, 6.45) is 0.184. The third-order valence-corrected chi connectivity index (χ3v) is 2.14. The van der Waals surface area contributed by atoms with Crippen LogP contribution in [0.1, 0.15) is 11.1 Å². The predicted octanol–water partition coefficient (Wildman–Crippen LogP) is 0.509. The van der Waals surface area contributed by atoms with Crippen LogP contribution < -0.4 is 11.2 Å². The quantitative estimate of drug-likeness (QED) is 0.504. The molecular weight excluding hydrogens is 199 g/mol. The van der Waals surface area contributed by atoms with Crippen molar-refractivity contribution >= 4 is 5.91 Å². The third kappa shape index (κ3) is 3.00. The number of carbonyl (C=O) groups is 1. The molecule has 0 aliphatic heterocycles. The topological polar surface area (TPSA) is 75.4 Å². The first-order valence-electron chi connectivity index (χ1n) is 4.49. The van der Waals surface area contributed by atoms with Crippen LogP contribution in [-0.4, -0.2) is 17.2 Å². The van der Waals surface area contributed by atoms with Crippen molar-refractivity contribution in [1.82, 2.24) is 5.48 Å². The maximum absolute atomic E-state index is 13.1. The first-order valence-corrected chi connectivity index (χ1v) is 4.49. The van der Waals surface area contributed by atoms with E-state index in [-0.39, 0.29) is 12.2 Å². The van der Waals surface area contributed by atoms with E-state index in [0.29, 0.717) is 11.1 Å². The summed E-state index contributed by atoms with van der Waals surface area (Å²) in [7, 11) is 0. The van der Waals surface area contributed by atoms with Gasteiger partial charge in [0.2, 0.25) is 0 Å². The van der Waals surface area contributed by atoms with Crippen LogP contribution in [0.5, 0.6) is 0 Å². The number of hydrogen-bond donors (Lipinski definition) is 3. The van der Waals surface area contributed by atoms with Gasteiger partial charge in [-0.1, -0.05) is 12.1 Å². The Labute approximate surface area is 86.9 Å². The van der Waals surface area contributed by atoms with Gasteiger partial charge in [-0.3, -0.25) is 10.0 Å². The van der Waals surface area contributed by atoms with Crippen molar-refractivity contribution in [2.24, 2.45) is 5.73 Å². The average molecular weight is 212 g/mol. The number of hydroxylamine groups is 1. The van der Waals surface area contributed by atoms with Gasteiger partial charge in [0.05, 0.1) is 6.04 Å². The van der Waals surface area contributed by atoms with Gasteiger partial charge in [0, 0.05) is 0 Å². The summed E-state index contributed by atoms with van der Waals surface area (Å²) < 4.78 is 13.1. The van der Waals surface area contributed by atoms with Gasteiger partial charge in [-0.05, 0) is 30.5 Å². The summed E-state index contributed by atoms with van der Waals surface area (Å²) in [5, 5.41) is 8.33. The molecule has 4 N–H and O–H groups in total. The SMILES string of the molecule is Cc1ccc(CC(N)C(=O)NO)cc1F. The van der Waals surface area contributed by atoms with Crippen molar-refractivity contribution in [3.63, 3.8) is 0 Å². The fourth-order valence-electron chi connectivity index (χ4n) is 1.19. The summed E-state index contributed by atoms with van der Waals surface area (Å²) in [5.41, 5.74) is 8.07. The van der Waals surface area contributed by atoms with Crippen LogP contribution in [0.2, 0.25) is 0 Å². The van der Waals surface area contributed by atoms with Gasteiger partial charge in [-0.2, -0.15) is 0 Å². The summed E-state index contributed by atoms with van der Waals surface area (Å²) in [5.74, 6) is -1.01. The zero-order chi connectivity index (χ0) is 11.4. The smallest absolute Gasteiger partial charge is 0.260 e. The van der Waals surface area contributed by atoms with Gasteiger partial charge in [-0.25, -0.2) is 9.87 Å². The second-order valence-electron chi connectivity index (χ2n) is 3.37. The lowest BCUT2D eigenvalue weighted by atomic mass is 10.0. The molecule has 82 valence electrons. The van der Waals surface area contributed by atoms with Crippen LogP contribution in [0.15, 0.2) is 18.2 Å². The number of nitrogens with two attached hydrogens (primary N) is 1. The number of carbonyl (C=O) groups excluding carboxylic acids is 1. The Morgan fingerprint density at radius 1 is 1.67 bits per heavy atom. The molecule has 5 heteroatoms. The zero-order valence-corrected chi connectivity index (χ0v) is 8.33. The van der Waals surface area contributed by atoms with E-state index in [2.05, 4.69) is 0 Å². The van der Waals surface area contributed by atoms with E-state index in [4.69, 9.17) is 10.9 Å². The molecule has 0 aliphatic carbocycles. The molecule has 1 rings (SSSR count). The zero-order valence-electron chi connectivity index (χ0n) is 8.33. The van der Waals surface area contributed by atoms with Crippen molar-refractivity contribution in [3.05, 3.63) is 35.1 Å². The molecule has 1 atom stereocenters. The number of halogens is 1. The van der Waals surface area contributed by atoms with Gasteiger partial charge >= 0.3 is 0 Å². The monoisotopic (exact) mass is 212 g/mol. The molecule has 1 aromatic rings. The standard InChI is InChI=1S/C10H13FN2O2/c1-6-2-3-7(4-8(6)11)5-9(12)10(14)13-15/h2-4,9,15H,5,12H2,1H3,(H,13,14). The lowest BCUT2D eigenvalue weighted by molar-refractivity contribution is -0.130. The minimum Gasteiger partial charge on any atom is -0.320 e. The molecular formula is C10H13FN2O2. The number of hydrogen-bond acceptors (Lipinski definition) is 3. The van der Waals surface area contributed by atoms with Crippen LogP contribution in [0.4, 0.5) is 4.39 Å². The molecule has 0 spiro atoms. The highest BCUT2D eigenvalue weighted by Crippen LogP contribution is 2.10. The highest BCUT2D eigenvalue weighted by atomic mass is 19.1. The van der Waals surface area contributed by atoms with Crippen molar-refractivity contribution < 1.29 is 14.4 Å². The van der Waals surface area contributed by atoms with Gasteiger partial charge < -0.3 is 5.73 Å². The fraction of sp³-hybridized carbons (Fsp3) is 0.300. The highest BCUT2D eigenvalue weighted by Gasteiger charge is 2.13. The average Bonchev–Trinajstić information content (AvgIpc) is 2.22. The molecule has 0 fully saturated rings. The summed E-state index contributed by atoms with van der Waals surface area (Å²) in [6.45, 7) is 1.65. The molecule has 4 nitrogen and oxygen atoms in total. The normalized spacial score (nSPS) is 12.3. The molecule has 0 bridgehead atoms. The van der Waals surface area contributed by atoms with Crippen LogP contribution in [-0.2, 0) is 11.2 Å². The first-order chi connectivity index (χ1) is 7.04. The summed E-state index contributed by atoms with van der Waals surface area (Å²) in [6, 6.07) is 3.77. The second-order valence-corrected chi connectivity index (χ2v) is 3.37. The molecule has 1 aromatic carbocycles. The van der Waals surface area contributed by atoms with Crippen molar-refractivity contribution in [1.29, 1.82) is 0 Å². The van der Waals surface area contributed by atoms with E-state index in [1.807, 2.05) is 0 Å². The van der Waals surface area contributed by atoms with E-state index in [0.717, 1.165) is 0 Å². The Morgan fingerprint density at radius 2 is 2.33 bits per heavy atom. The molecule has 15 heavy (non-hydrogen) atoms. The Hall–Kier alpha value is -1.46. The van der Waals surface area contributed by atoms with Crippen LogP contribution in [0, 0.1) is 12.7 Å². The predicted molar refractivity (Wildman–Crippen MR) is 52.7 cm³/mol. The molecule has 0 heterocycles. The van der Waals surface area contributed by atoms with Gasteiger partial charge in [0.15, 0.2) is 0 Å². The minimum atomic E-state index is -0.878. The maximum Gasteiger partial charge on any atom is 0.260 e. The molecule has 1 amide bonds. The summed E-state index contributed by atoms with van der Waals surface area (Å²) >= 11 is 0. The van der Waals surface area contributed by atoms with Crippen molar-refractivity contribution in [2.45, 2.75) is 19.4 Å². The fourth-order valence-corrected chi connectivity index (χ4v) is 1.19. The maximum atomic E-state index is 13.1. The molecule has 0 saturated carbocycles. The van der Waals surface area contributed by atoms with E-state index < -0.39 is 11.9 Å². The number of nitrogens with one attached hydrogen (secondary N) is 1. The Balaban J connectivity index is 2.73. The molecule has 0 saturated heterocycles. The number of benzene rings is 1. The van der Waals surface area contributed by atoms with E-state index in [9.17, 15) is 9.18 Å². The third-order valence-electron chi connectivity index (χ3n) is 2.14. The number of aryl methyl sites for hydroxylation is 1. The Bertz CT molecular complexity index is 368. The van der Waals surface area contributed by atoms with Gasteiger partial charge in [-0.15, -0.1) is 0 Å².